The Bertz CT molecular complexity index is 484. The zero-order valence-corrected chi connectivity index (χ0v) is 9.47. The van der Waals surface area contributed by atoms with Gasteiger partial charge in [0, 0.05) is 0 Å². The fourth-order valence-corrected chi connectivity index (χ4v) is 3.34. The second kappa shape index (κ2) is 3.47. The van der Waals surface area contributed by atoms with E-state index >= 15 is 0 Å². The van der Waals surface area contributed by atoms with Crippen LogP contribution < -0.4 is 0 Å². The molecule has 2 saturated carbocycles. The van der Waals surface area contributed by atoms with Crippen molar-refractivity contribution in [1.29, 1.82) is 0 Å². The van der Waals surface area contributed by atoms with E-state index < -0.39 is 23.2 Å². The first kappa shape index (κ1) is 12.0. The molecule has 18 heavy (non-hydrogen) atoms. The van der Waals surface area contributed by atoms with Crippen molar-refractivity contribution in [1.82, 2.24) is 0 Å². The Hall–Kier alpha value is -1.10. The molecule has 1 aromatic carbocycles. The summed E-state index contributed by atoms with van der Waals surface area (Å²) >= 11 is 0. The molecule has 3 rings (SSSR count). The van der Waals surface area contributed by atoms with Gasteiger partial charge in [0.2, 0.25) is 0 Å². The number of hydrogen-bond donors (Lipinski definition) is 1. The lowest BCUT2D eigenvalue weighted by Gasteiger charge is -2.17. The molecule has 0 bridgehead atoms. The third-order valence-corrected chi connectivity index (χ3v) is 4.27. The molecule has 2 unspecified atom stereocenters. The second-order valence-electron chi connectivity index (χ2n) is 5.16. The molecule has 0 spiro atoms. The van der Waals surface area contributed by atoms with Crippen LogP contribution in [0, 0.1) is 17.7 Å². The Morgan fingerprint density at radius 2 is 1.78 bits per heavy atom. The third-order valence-electron chi connectivity index (χ3n) is 4.27. The van der Waals surface area contributed by atoms with Crippen LogP contribution >= 0.6 is 0 Å². The molecule has 1 N–H and O–H groups in total. The van der Waals surface area contributed by atoms with Crippen molar-refractivity contribution in [3.63, 3.8) is 0 Å². The van der Waals surface area contributed by atoms with E-state index in [0.717, 1.165) is 31.4 Å². The van der Waals surface area contributed by atoms with Gasteiger partial charge in [-0.2, -0.15) is 13.2 Å². The summed E-state index contributed by atoms with van der Waals surface area (Å²) in [4.78, 5) is 0. The van der Waals surface area contributed by atoms with Gasteiger partial charge in [-0.1, -0.05) is 12.5 Å². The number of rotatable bonds is 1. The summed E-state index contributed by atoms with van der Waals surface area (Å²) in [6.07, 6.45) is -2.05. The van der Waals surface area contributed by atoms with E-state index in [0.29, 0.717) is 0 Å². The van der Waals surface area contributed by atoms with Gasteiger partial charge in [0.15, 0.2) is 0 Å². The average Bonchev–Trinajstić information content (AvgIpc) is 2.69. The molecule has 1 nitrogen and oxygen atoms in total. The average molecular weight is 260 g/mol. The minimum atomic E-state index is -4.72. The van der Waals surface area contributed by atoms with Crippen molar-refractivity contribution in [2.75, 3.05) is 0 Å². The highest BCUT2D eigenvalue weighted by molar-refractivity contribution is 5.38. The third kappa shape index (κ3) is 1.49. The van der Waals surface area contributed by atoms with Gasteiger partial charge in [-0.05, 0) is 42.4 Å². The van der Waals surface area contributed by atoms with E-state index in [1.54, 1.807) is 0 Å². The Morgan fingerprint density at radius 1 is 1.17 bits per heavy atom. The maximum atomic E-state index is 13.2. The van der Waals surface area contributed by atoms with E-state index in [9.17, 15) is 22.7 Å². The van der Waals surface area contributed by atoms with E-state index in [1.165, 1.54) is 6.07 Å². The molecule has 0 saturated heterocycles. The van der Waals surface area contributed by atoms with Gasteiger partial charge in [0.25, 0.3) is 0 Å². The molecular weight excluding hydrogens is 248 g/mol. The van der Waals surface area contributed by atoms with Gasteiger partial charge < -0.3 is 5.11 Å². The molecule has 1 aromatic rings. The molecule has 98 valence electrons. The second-order valence-corrected chi connectivity index (χ2v) is 5.16. The number of fused-ring (bicyclic) bond motifs is 1. The maximum absolute atomic E-state index is 13.2. The van der Waals surface area contributed by atoms with Gasteiger partial charge in [-0.3, -0.25) is 0 Å². The quantitative estimate of drug-likeness (QED) is 0.767. The van der Waals surface area contributed by atoms with Gasteiger partial charge in [0.1, 0.15) is 5.82 Å². The number of halogens is 4. The van der Waals surface area contributed by atoms with Crippen LogP contribution in [0.25, 0.3) is 0 Å². The van der Waals surface area contributed by atoms with Crippen LogP contribution in [0.3, 0.4) is 0 Å². The fourth-order valence-electron chi connectivity index (χ4n) is 3.34. The minimum absolute atomic E-state index is 0.0454. The van der Waals surface area contributed by atoms with E-state index in [2.05, 4.69) is 0 Å². The first-order valence-electron chi connectivity index (χ1n) is 5.94. The zero-order chi connectivity index (χ0) is 13.1. The lowest BCUT2D eigenvalue weighted by Crippen LogP contribution is -2.16. The molecule has 0 radical (unpaired) electrons. The molecule has 0 aliphatic heterocycles. The van der Waals surface area contributed by atoms with Gasteiger partial charge in [-0.25, -0.2) is 4.39 Å². The fraction of sp³-hybridized carbons (Fsp3) is 0.538. The topological polar surface area (TPSA) is 20.2 Å². The predicted octanol–water partition coefficient (Wildman–Crippen LogP) is 3.46. The van der Waals surface area contributed by atoms with E-state index in [-0.39, 0.29) is 17.4 Å². The number of aliphatic hydroxyl groups is 1. The molecule has 2 atom stereocenters. The van der Waals surface area contributed by atoms with E-state index in [1.807, 2.05) is 0 Å². The highest BCUT2D eigenvalue weighted by Crippen LogP contribution is 2.66. The molecule has 5 heteroatoms. The standard InChI is InChI=1S/C13H12F4O/c14-11-5-4-7(6-10(11)13(15,16)17)12(18)8-2-1-3-9(8)12/h4-6,8-9,18H,1-3H2. The molecule has 2 aliphatic carbocycles. The first-order valence-corrected chi connectivity index (χ1v) is 5.94. The summed E-state index contributed by atoms with van der Waals surface area (Å²) in [5, 5.41) is 10.4. The molecule has 0 heterocycles. The van der Waals surface area contributed by atoms with Crippen LogP contribution in [0.5, 0.6) is 0 Å². The summed E-state index contributed by atoms with van der Waals surface area (Å²) in [7, 11) is 0. The maximum Gasteiger partial charge on any atom is 0.419 e. The summed E-state index contributed by atoms with van der Waals surface area (Å²) in [5.41, 5.74) is -2.25. The summed E-state index contributed by atoms with van der Waals surface area (Å²) in [6, 6.07) is 2.82. The summed E-state index contributed by atoms with van der Waals surface area (Å²) in [6.45, 7) is 0. The number of hydrogen-bond acceptors (Lipinski definition) is 1. The van der Waals surface area contributed by atoms with E-state index in [4.69, 9.17) is 0 Å². The van der Waals surface area contributed by atoms with Crippen molar-refractivity contribution in [2.24, 2.45) is 11.8 Å². The molecule has 0 aromatic heterocycles. The Balaban J connectivity index is 2.00. The lowest BCUT2D eigenvalue weighted by atomic mass is 9.97. The minimum Gasteiger partial charge on any atom is -0.385 e. The molecular formula is C13H12F4O. The van der Waals surface area contributed by atoms with Crippen molar-refractivity contribution in [3.05, 3.63) is 35.1 Å². The smallest absolute Gasteiger partial charge is 0.385 e. The van der Waals surface area contributed by atoms with Crippen molar-refractivity contribution in [3.8, 4) is 0 Å². The van der Waals surface area contributed by atoms with Crippen molar-refractivity contribution in [2.45, 2.75) is 31.0 Å². The van der Waals surface area contributed by atoms with Crippen LogP contribution in [0.4, 0.5) is 17.6 Å². The summed E-state index contributed by atoms with van der Waals surface area (Å²) < 4.78 is 51.0. The SMILES string of the molecule is OC1(c2ccc(F)c(C(F)(F)F)c2)C2CCCC21. The van der Waals surface area contributed by atoms with Crippen LogP contribution in [-0.4, -0.2) is 5.11 Å². The monoisotopic (exact) mass is 260 g/mol. The van der Waals surface area contributed by atoms with Gasteiger partial charge in [0.05, 0.1) is 11.2 Å². The largest absolute Gasteiger partial charge is 0.419 e. The Morgan fingerprint density at radius 3 is 2.33 bits per heavy atom. The van der Waals surface area contributed by atoms with Crippen LogP contribution in [0.1, 0.15) is 30.4 Å². The van der Waals surface area contributed by atoms with Crippen LogP contribution in [0.15, 0.2) is 18.2 Å². The predicted molar refractivity (Wildman–Crippen MR) is 56.1 cm³/mol. The lowest BCUT2D eigenvalue weighted by molar-refractivity contribution is -0.140. The normalized spacial score (nSPS) is 34.5. The van der Waals surface area contributed by atoms with Crippen molar-refractivity contribution < 1.29 is 22.7 Å². The summed E-state index contributed by atoms with van der Waals surface area (Å²) in [5.74, 6) is -1.20. The van der Waals surface area contributed by atoms with Crippen molar-refractivity contribution >= 4 is 0 Å². The molecule has 2 fully saturated rings. The number of alkyl halides is 3. The molecule has 0 amide bonds. The number of benzene rings is 1. The molecule has 2 aliphatic rings. The highest BCUT2D eigenvalue weighted by atomic mass is 19.4. The Kier molecular flexibility index (Phi) is 2.31. The van der Waals surface area contributed by atoms with Crippen LogP contribution in [0.2, 0.25) is 0 Å². The zero-order valence-electron chi connectivity index (χ0n) is 9.47. The van der Waals surface area contributed by atoms with Crippen LogP contribution in [-0.2, 0) is 11.8 Å². The first-order chi connectivity index (χ1) is 8.35. The Labute approximate surface area is 101 Å². The van der Waals surface area contributed by atoms with Gasteiger partial charge >= 0.3 is 6.18 Å². The van der Waals surface area contributed by atoms with Gasteiger partial charge in [-0.15, -0.1) is 0 Å². The highest BCUT2D eigenvalue weighted by Gasteiger charge is 2.66.